The topological polar surface area (TPSA) is 73.8 Å². The van der Waals surface area contributed by atoms with Crippen LogP contribution in [0.15, 0.2) is 43.0 Å². The van der Waals surface area contributed by atoms with Gasteiger partial charge >= 0.3 is 6.36 Å². The zero-order chi connectivity index (χ0) is 26.6. The van der Waals surface area contributed by atoms with Gasteiger partial charge in [-0.3, -0.25) is 4.79 Å². The second-order valence-electron chi connectivity index (χ2n) is 7.00. The lowest BCUT2D eigenvalue weighted by atomic mass is 9.94. The minimum atomic E-state index is -4.78. The van der Waals surface area contributed by atoms with Crippen LogP contribution >= 0.6 is 0 Å². The number of rotatable bonds is 9. The molecule has 6 nitrogen and oxygen atoms in total. The molecule has 0 fully saturated rings. The van der Waals surface area contributed by atoms with Gasteiger partial charge in [-0.05, 0) is 60.4 Å². The average Bonchev–Trinajstić information content (AvgIpc) is 2.82. The predicted molar refractivity (Wildman–Crippen MR) is 134 cm³/mol. The molecule has 0 aliphatic carbocycles. The fourth-order valence-electron chi connectivity index (χ4n) is 3.37. The normalized spacial score (nSPS) is 10.2. The zero-order valence-corrected chi connectivity index (χ0v) is 20.6. The number of aliphatic hydroxyl groups is 1. The molecule has 3 N–H and O–H groups in total. The molecule has 0 unspecified atom stereocenters. The SMILES string of the molecule is C=CC(=O)NCc1cc(-c2ccc(OC(F)(F)F)cc2)c(C)c(N(C)C#CC)c1NCCO.CC. The number of carbonyl (C=O) groups excluding carboxylic acids is 1. The third-order valence-corrected chi connectivity index (χ3v) is 4.70. The monoisotopic (exact) mass is 491 g/mol. The number of halogens is 3. The highest BCUT2D eigenvalue weighted by atomic mass is 19.4. The minimum Gasteiger partial charge on any atom is -0.406 e. The molecule has 0 aliphatic rings. The second-order valence-corrected chi connectivity index (χ2v) is 7.00. The Morgan fingerprint density at radius 3 is 2.40 bits per heavy atom. The van der Waals surface area contributed by atoms with Gasteiger partial charge in [0.05, 0.1) is 18.0 Å². The fraction of sp³-hybridized carbons (Fsp3) is 0.346. The van der Waals surface area contributed by atoms with E-state index < -0.39 is 6.36 Å². The number of hydrogen-bond donors (Lipinski definition) is 3. The Labute approximate surface area is 204 Å². The van der Waals surface area contributed by atoms with Crippen molar-refractivity contribution in [2.24, 2.45) is 0 Å². The number of anilines is 2. The molecule has 35 heavy (non-hydrogen) atoms. The summed E-state index contributed by atoms with van der Waals surface area (Å²) < 4.78 is 41.5. The van der Waals surface area contributed by atoms with Crippen LogP contribution in [0.1, 0.15) is 31.9 Å². The summed E-state index contributed by atoms with van der Waals surface area (Å²) in [6.45, 7) is 11.3. The molecule has 0 heterocycles. The van der Waals surface area contributed by atoms with Crippen molar-refractivity contribution in [3.8, 4) is 28.8 Å². The molecule has 9 heteroatoms. The Morgan fingerprint density at radius 2 is 1.89 bits per heavy atom. The van der Waals surface area contributed by atoms with E-state index in [1.807, 2.05) is 26.8 Å². The van der Waals surface area contributed by atoms with Crippen molar-refractivity contribution in [2.45, 2.75) is 40.6 Å². The maximum absolute atomic E-state index is 12.5. The number of alkyl halides is 3. The van der Waals surface area contributed by atoms with Gasteiger partial charge in [-0.2, -0.15) is 0 Å². The lowest BCUT2D eigenvalue weighted by Gasteiger charge is -2.25. The first-order valence-corrected chi connectivity index (χ1v) is 11.0. The van der Waals surface area contributed by atoms with Crippen LogP contribution < -0.4 is 20.3 Å². The first-order valence-electron chi connectivity index (χ1n) is 11.0. The van der Waals surface area contributed by atoms with Crippen molar-refractivity contribution in [3.05, 3.63) is 54.1 Å². The van der Waals surface area contributed by atoms with E-state index in [1.165, 1.54) is 24.3 Å². The van der Waals surface area contributed by atoms with Gasteiger partial charge < -0.3 is 25.4 Å². The smallest absolute Gasteiger partial charge is 0.406 e. The predicted octanol–water partition coefficient (Wildman–Crippen LogP) is 5.21. The molecule has 0 spiro atoms. The van der Waals surface area contributed by atoms with Crippen molar-refractivity contribution in [1.29, 1.82) is 0 Å². The van der Waals surface area contributed by atoms with Crippen LogP contribution in [0.25, 0.3) is 11.1 Å². The van der Waals surface area contributed by atoms with Crippen LogP contribution in [0.3, 0.4) is 0 Å². The summed E-state index contributed by atoms with van der Waals surface area (Å²) in [5, 5.41) is 15.3. The van der Waals surface area contributed by atoms with Gasteiger partial charge in [0.15, 0.2) is 0 Å². The van der Waals surface area contributed by atoms with E-state index in [4.69, 9.17) is 0 Å². The van der Waals surface area contributed by atoms with Gasteiger partial charge in [0.2, 0.25) is 5.91 Å². The summed E-state index contributed by atoms with van der Waals surface area (Å²) in [5.41, 5.74) is 4.31. The number of ether oxygens (including phenoxy) is 1. The highest BCUT2D eigenvalue weighted by molar-refractivity contribution is 5.89. The molecule has 2 rings (SSSR count). The highest BCUT2D eigenvalue weighted by Crippen LogP contribution is 2.40. The Bertz CT molecular complexity index is 1060. The molecule has 0 radical (unpaired) electrons. The number of aliphatic hydroxyl groups excluding tert-OH is 1. The first kappa shape index (κ1) is 29.4. The number of hydrogen-bond acceptors (Lipinski definition) is 5. The van der Waals surface area contributed by atoms with Crippen LogP contribution in [-0.4, -0.2) is 37.6 Å². The number of carbonyl (C=O) groups is 1. The van der Waals surface area contributed by atoms with E-state index in [0.29, 0.717) is 22.5 Å². The van der Waals surface area contributed by atoms with Crippen molar-refractivity contribution in [2.75, 3.05) is 30.4 Å². The maximum atomic E-state index is 12.5. The van der Waals surface area contributed by atoms with Crippen LogP contribution in [-0.2, 0) is 11.3 Å². The van der Waals surface area contributed by atoms with Gasteiger partial charge in [-0.25, -0.2) is 0 Å². The van der Waals surface area contributed by atoms with Gasteiger partial charge in [0.1, 0.15) is 5.75 Å². The molecule has 0 saturated carbocycles. The molecular weight excluding hydrogens is 459 g/mol. The van der Waals surface area contributed by atoms with Gasteiger partial charge in [0, 0.05) is 26.2 Å². The van der Waals surface area contributed by atoms with E-state index in [1.54, 1.807) is 18.9 Å². The maximum Gasteiger partial charge on any atom is 0.573 e. The number of nitrogens with zero attached hydrogens (tertiary/aromatic N) is 1. The third kappa shape index (κ3) is 8.58. The van der Waals surface area contributed by atoms with Crippen LogP contribution in [0.2, 0.25) is 0 Å². The van der Waals surface area contributed by atoms with Crippen molar-refractivity contribution >= 4 is 17.3 Å². The Kier molecular flexibility index (Phi) is 11.7. The lowest BCUT2D eigenvalue weighted by molar-refractivity contribution is -0.274. The van der Waals surface area contributed by atoms with Gasteiger partial charge in [0.25, 0.3) is 0 Å². The largest absolute Gasteiger partial charge is 0.573 e. The second kappa shape index (κ2) is 13.9. The molecule has 1 amide bonds. The molecule has 190 valence electrons. The summed E-state index contributed by atoms with van der Waals surface area (Å²) in [7, 11) is 1.78. The molecular formula is C26H32F3N3O3. The summed E-state index contributed by atoms with van der Waals surface area (Å²) in [4.78, 5) is 13.5. The van der Waals surface area contributed by atoms with Gasteiger partial charge in [-0.15, -0.1) is 13.2 Å². The highest BCUT2D eigenvalue weighted by Gasteiger charge is 2.31. The van der Waals surface area contributed by atoms with Crippen LogP contribution in [0.5, 0.6) is 5.75 Å². The molecule has 0 saturated heterocycles. The quantitative estimate of drug-likeness (QED) is 0.255. The molecule has 0 atom stereocenters. The van der Waals surface area contributed by atoms with E-state index in [0.717, 1.165) is 17.2 Å². The fourth-order valence-corrected chi connectivity index (χ4v) is 3.37. The van der Waals surface area contributed by atoms with Gasteiger partial charge in [-0.1, -0.05) is 38.5 Å². The molecule has 0 aromatic heterocycles. The van der Waals surface area contributed by atoms with E-state index in [-0.39, 0.29) is 31.4 Å². The van der Waals surface area contributed by atoms with E-state index in [2.05, 4.69) is 33.9 Å². The number of nitrogens with one attached hydrogen (secondary N) is 2. The number of amides is 1. The van der Waals surface area contributed by atoms with Crippen molar-refractivity contribution < 1.29 is 27.8 Å². The number of benzene rings is 2. The summed E-state index contributed by atoms with van der Waals surface area (Å²) in [6, 6.07) is 10.4. The molecule has 2 aromatic carbocycles. The Balaban J connectivity index is 0.00000298. The third-order valence-electron chi connectivity index (χ3n) is 4.70. The Morgan fingerprint density at radius 1 is 1.26 bits per heavy atom. The average molecular weight is 492 g/mol. The van der Waals surface area contributed by atoms with E-state index in [9.17, 15) is 23.1 Å². The van der Waals surface area contributed by atoms with Crippen LogP contribution in [0.4, 0.5) is 24.5 Å². The van der Waals surface area contributed by atoms with E-state index >= 15 is 0 Å². The lowest BCUT2D eigenvalue weighted by Crippen LogP contribution is -2.23. The molecule has 2 aromatic rings. The molecule has 0 bridgehead atoms. The van der Waals surface area contributed by atoms with Crippen molar-refractivity contribution in [3.63, 3.8) is 0 Å². The molecule has 0 aliphatic heterocycles. The summed E-state index contributed by atoms with van der Waals surface area (Å²) in [6.07, 6.45) is -3.62. The summed E-state index contributed by atoms with van der Waals surface area (Å²) in [5.74, 6) is 2.16. The standard InChI is InChI=1S/C24H26F3N3O3.C2H6/c1-5-12-30(4)23-16(3)20(17-7-9-19(10-8-17)33-24(25,26)27)14-18(15-29-21(32)6-2)22(23)28-11-13-31;1-2/h6-10,14,28,31H,2,11,13,15H2,1,3-4H3,(H,29,32);1-2H3. The zero-order valence-electron chi connectivity index (χ0n) is 20.6. The summed E-state index contributed by atoms with van der Waals surface area (Å²) >= 11 is 0. The minimum absolute atomic E-state index is 0.109. The first-order chi connectivity index (χ1) is 16.6. The van der Waals surface area contributed by atoms with Crippen LogP contribution in [0, 0.1) is 18.9 Å². The van der Waals surface area contributed by atoms with Crippen molar-refractivity contribution in [1.82, 2.24) is 5.32 Å². The Hall–Kier alpha value is -3.64.